The maximum absolute atomic E-state index is 12.2. The third-order valence-electron chi connectivity index (χ3n) is 3.87. The highest BCUT2D eigenvalue weighted by molar-refractivity contribution is 7.09. The number of nitrogens with zero attached hydrogens (tertiary/aromatic N) is 2. The Kier molecular flexibility index (Phi) is 7.85. The van der Waals surface area contributed by atoms with Crippen LogP contribution in [0.4, 0.5) is 0 Å². The molecule has 1 atom stereocenters. The van der Waals surface area contributed by atoms with E-state index in [0.717, 1.165) is 24.3 Å². The van der Waals surface area contributed by atoms with E-state index < -0.39 is 0 Å². The number of carbonyl (C=O) groups is 1. The first-order valence-corrected chi connectivity index (χ1v) is 8.50. The van der Waals surface area contributed by atoms with Crippen LogP contribution in [-0.2, 0) is 6.42 Å². The van der Waals surface area contributed by atoms with Gasteiger partial charge in [0.15, 0.2) is 0 Å². The van der Waals surface area contributed by atoms with Crippen LogP contribution in [0.3, 0.4) is 0 Å². The van der Waals surface area contributed by atoms with E-state index in [9.17, 15) is 4.79 Å². The van der Waals surface area contributed by atoms with Gasteiger partial charge in [0, 0.05) is 24.4 Å². The summed E-state index contributed by atoms with van der Waals surface area (Å²) in [6.07, 6.45) is 2.96. The third-order valence-corrected chi connectivity index (χ3v) is 4.78. The van der Waals surface area contributed by atoms with Crippen molar-refractivity contribution in [3.8, 4) is 0 Å². The van der Waals surface area contributed by atoms with Gasteiger partial charge in [-0.1, -0.05) is 26.7 Å². The van der Waals surface area contributed by atoms with Crippen molar-refractivity contribution in [1.29, 1.82) is 0 Å². The summed E-state index contributed by atoms with van der Waals surface area (Å²) >= 11 is 1.50. The standard InChI is InChI=1S/C15H28N4OS/c1-5-11(6-2)13(19(3)4)9-17-15(20)12-10-21-14(18-12)7-8-16/h10-11,13H,5-9,16H2,1-4H3,(H,17,20). The lowest BCUT2D eigenvalue weighted by Gasteiger charge is -2.31. The molecule has 5 nitrogen and oxygen atoms in total. The Morgan fingerprint density at radius 3 is 2.62 bits per heavy atom. The van der Waals surface area contributed by atoms with Crippen LogP contribution in [0.2, 0.25) is 0 Å². The molecule has 0 aliphatic heterocycles. The van der Waals surface area contributed by atoms with Gasteiger partial charge in [-0.25, -0.2) is 4.98 Å². The fourth-order valence-corrected chi connectivity index (χ4v) is 3.34. The second-order valence-electron chi connectivity index (χ2n) is 5.48. The van der Waals surface area contributed by atoms with E-state index in [4.69, 9.17) is 5.73 Å². The van der Waals surface area contributed by atoms with Gasteiger partial charge >= 0.3 is 0 Å². The van der Waals surface area contributed by atoms with Gasteiger partial charge in [0.2, 0.25) is 0 Å². The molecule has 0 spiro atoms. The number of nitrogens with one attached hydrogen (secondary N) is 1. The zero-order chi connectivity index (χ0) is 15.8. The number of hydrogen-bond donors (Lipinski definition) is 2. The Morgan fingerprint density at radius 1 is 1.43 bits per heavy atom. The molecule has 0 aromatic carbocycles. The minimum atomic E-state index is -0.0904. The molecule has 21 heavy (non-hydrogen) atoms. The van der Waals surface area contributed by atoms with E-state index in [1.54, 1.807) is 0 Å². The van der Waals surface area contributed by atoms with Gasteiger partial charge in [-0.2, -0.15) is 0 Å². The van der Waals surface area contributed by atoms with E-state index in [1.807, 2.05) is 5.38 Å². The Labute approximate surface area is 131 Å². The summed E-state index contributed by atoms with van der Waals surface area (Å²) in [6.45, 7) is 5.62. The van der Waals surface area contributed by atoms with Crippen LogP contribution in [0.25, 0.3) is 0 Å². The van der Waals surface area contributed by atoms with Crippen LogP contribution in [0.5, 0.6) is 0 Å². The minimum Gasteiger partial charge on any atom is -0.349 e. The van der Waals surface area contributed by atoms with E-state index in [-0.39, 0.29) is 5.91 Å². The first-order valence-electron chi connectivity index (χ1n) is 7.62. The largest absolute Gasteiger partial charge is 0.349 e. The fraction of sp³-hybridized carbons (Fsp3) is 0.733. The van der Waals surface area contributed by atoms with Crippen LogP contribution in [0.15, 0.2) is 5.38 Å². The van der Waals surface area contributed by atoms with Gasteiger partial charge in [-0.05, 0) is 26.6 Å². The highest BCUT2D eigenvalue weighted by atomic mass is 32.1. The van der Waals surface area contributed by atoms with Gasteiger partial charge < -0.3 is 16.0 Å². The van der Waals surface area contributed by atoms with Crippen molar-refractivity contribution in [3.63, 3.8) is 0 Å². The molecular weight excluding hydrogens is 284 g/mol. The number of amides is 1. The smallest absolute Gasteiger partial charge is 0.270 e. The van der Waals surface area contributed by atoms with Crippen LogP contribution < -0.4 is 11.1 Å². The van der Waals surface area contributed by atoms with Crippen molar-refractivity contribution in [2.75, 3.05) is 27.2 Å². The van der Waals surface area contributed by atoms with Crippen molar-refractivity contribution in [2.45, 2.75) is 39.2 Å². The lowest BCUT2D eigenvalue weighted by atomic mass is 9.93. The second kappa shape index (κ2) is 9.12. The molecule has 1 aromatic heterocycles. The molecule has 1 amide bonds. The molecule has 3 N–H and O–H groups in total. The summed E-state index contributed by atoms with van der Waals surface area (Å²) in [5, 5.41) is 5.75. The molecule has 0 saturated carbocycles. The maximum Gasteiger partial charge on any atom is 0.270 e. The van der Waals surface area contributed by atoms with Gasteiger partial charge in [0.1, 0.15) is 5.69 Å². The number of nitrogens with two attached hydrogens (primary N) is 1. The highest BCUT2D eigenvalue weighted by Crippen LogP contribution is 2.16. The van der Waals surface area contributed by atoms with Crippen molar-refractivity contribution in [3.05, 3.63) is 16.1 Å². The van der Waals surface area contributed by atoms with Gasteiger partial charge in [-0.3, -0.25) is 4.79 Å². The number of thiazole rings is 1. The molecule has 0 aliphatic rings. The summed E-state index contributed by atoms with van der Waals surface area (Å²) in [6, 6.07) is 0.353. The Hall–Kier alpha value is -0.980. The van der Waals surface area contributed by atoms with Gasteiger partial charge in [-0.15, -0.1) is 11.3 Å². The molecule has 120 valence electrons. The van der Waals surface area contributed by atoms with E-state index in [1.165, 1.54) is 11.3 Å². The minimum absolute atomic E-state index is 0.0904. The monoisotopic (exact) mass is 312 g/mol. The first kappa shape index (κ1) is 18.1. The quantitative estimate of drug-likeness (QED) is 0.728. The van der Waals surface area contributed by atoms with Crippen LogP contribution in [0, 0.1) is 5.92 Å². The molecule has 0 bridgehead atoms. The lowest BCUT2D eigenvalue weighted by Crippen LogP contribution is -2.44. The molecule has 6 heteroatoms. The summed E-state index contributed by atoms with van der Waals surface area (Å²) in [5.41, 5.74) is 6.01. The predicted octanol–water partition coefficient (Wildman–Crippen LogP) is 1.74. The topological polar surface area (TPSA) is 71.2 Å². The molecule has 0 saturated heterocycles. The van der Waals surface area contributed by atoms with Crippen molar-refractivity contribution >= 4 is 17.2 Å². The molecule has 0 aliphatic carbocycles. The molecule has 1 aromatic rings. The van der Waals surface area contributed by atoms with E-state index >= 15 is 0 Å². The lowest BCUT2D eigenvalue weighted by molar-refractivity contribution is 0.0924. The number of carbonyl (C=O) groups excluding carboxylic acids is 1. The van der Waals surface area contributed by atoms with Crippen LogP contribution in [0.1, 0.15) is 42.2 Å². The summed E-state index contributed by atoms with van der Waals surface area (Å²) in [7, 11) is 4.13. The SMILES string of the molecule is CCC(CC)C(CNC(=O)c1csc(CCN)n1)N(C)C. The third kappa shape index (κ3) is 5.37. The Bertz CT molecular complexity index is 429. The summed E-state index contributed by atoms with van der Waals surface area (Å²) < 4.78 is 0. The average molecular weight is 312 g/mol. The summed E-state index contributed by atoms with van der Waals surface area (Å²) in [4.78, 5) is 18.7. The first-order chi connectivity index (χ1) is 10.0. The predicted molar refractivity (Wildman–Crippen MR) is 88.8 cm³/mol. The maximum atomic E-state index is 12.2. The second-order valence-corrected chi connectivity index (χ2v) is 6.43. The number of likely N-dealkylation sites (N-methyl/N-ethyl adjacent to an activating group) is 1. The zero-order valence-electron chi connectivity index (χ0n) is 13.6. The Morgan fingerprint density at radius 2 is 2.10 bits per heavy atom. The van der Waals surface area contributed by atoms with Crippen molar-refractivity contribution in [2.24, 2.45) is 11.7 Å². The normalized spacial score (nSPS) is 12.9. The fourth-order valence-electron chi connectivity index (χ4n) is 2.55. The van der Waals surface area contributed by atoms with Gasteiger partial charge in [0.05, 0.1) is 5.01 Å². The van der Waals surface area contributed by atoms with Crippen molar-refractivity contribution < 1.29 is 4.79 Å². The van der Waals surface area contributed by atoms with Gasteiger partial charge in [0.25, 0.3) is 5.91 Å². The molecule has 1 unspecified atom stereocenters. The zero-order valence-corrected chi connectivity index (χ0v) is 14.4. The number of rotatable bonds is 9. The highest BCUT2D eigenvalue weighted by Gasteiger charge is 2.22. The molecule has 0 fully saturated rings. The number of aromatic nitrogens is 1. The van der Waals surface area contributed by atoms with Crippen molar-refractivity contribution in [1.82, 2.24) is 15.2 Å². The van der Waals surface area contributed by atoms with E-state index in [2.05, 4.69) is 43.1 Å². The average Bonchev–Trinajstić information content (AvgIpc) is 2.92. The van der Waals surface area contributed by atoms with E-state index in [0.29, 0.717) is 30.7 Å². The molecule has 0 radical (unpaired) electrons. The Balaban J connectivity index is 2.60. The molecular formula is C15H28N4OS. The van der Waals surface area contributed by atoms with Crippen LogP contribution in [-0.4, -0.2) is 49.0 Å². The van der Waals surface area contributed by atoms with Crippen LogP contribution >= 0.6 is 11.3 Å². The summed E-state index contributed by atoms with van der Waals surface area (Å²) in [5.74, 6) is 0.496. The molecule has 1 rings (SSSR count). The molecule has 1 heterocycles. The number of hydrogen-bond acceptors (Lipinski definition) is 5.